The van der Waals surface area contributed by atoms with Crippen LogP contribution in [0, 0.1) is 6.92 Å². The number of fused-ring (bicyclic) bond motifs is 1. The molecule has 2 aromatic heterocycles. The average molecular weight is 229 g/mol. The Labute approximate surface area is 99.9 Å². The first-order chi connectivity index (χ1) is 8.29. The second-order valence-corrected chi connectivity index (χ2v) is 4.50. The van der Waals surface area contributed by atoms with Crippen molar-refractivity contribution >= 4 is 17.5 Å². The van der Waals surface area contributed by atoms with Crippen LogP contribution in [-0.2, 0) is 0 Å². The molecule has 4 nitrogen and oxygen atoms in total. The standard InChI is InChI=1S/C13H15N3O/c1-10-14-12(9-17)13-8-11(4-7-16(10)13)15-5-2-3-6-15/h4,7-9H,2-3,5-6H2,1H3. The molecule has 88 valence electrons. The van der Waals surface area contributed by atoms with Crippen molar-refractivity contribution in [1.29, 1.82) is 0 Å². The molecule has 2 aromatic rings. The SMILES string of the molecule is Cc1nc(C=O)c2cc(N3CCCC3)ccn12. The first kappa shape index (κ1) is 10.3. The summed E-state index contributed by atoms with van der Waals surface area (Å²) in [6.07, 6.45) is 5.34. The van der Waals surface area contributed by atoms with E-state index in [-0.39, 0.29) is 0 Å². The zero-order valence-corrected chi connectivity index (χ0v) is 9.89. The Bertz CT molecular complexity index is 567. The molecule has 1 saturated heterocycles. The minimum atomic E-state index is 0.531. The van der Waals surface area contributed by atoms with Gasteiger partial charge in [-0.1, -0.05) is 0 Å². The Kier molecular flexibility index (Phi) is 2.35. The molecule has 0 unspecified atom stereocenters. The summed E-state index contributed by atoms with van der Waals surface area (Å²) >= 11 is 0. The lowest BCUT2D eigenvalue weighted by molar-refractivity contribution is 0.112. The third-order valence-electron chi connectivity index (χ3n) is 3.41. The van der Waals surface area contributed by atoms with Crippen LogP contribution in [0.5, 0.6) is 0 Å². The van der Waals surface area contributed by atoms with Gasteiger partial charge in [-0.05, 0) is 31.9 Å². The Hall–Kier alpha value is -1.84. The van der Waals surface area contributed by atoms with Gasteiger partial charge in [-0.2, -0.15) is 0 Å². The van der Waals surface area contributed by atoms with Gasteiger partial charge in [0.1, 0.15) is 11.5 Å². The van der Waals surface area contributed by atoms with Gasteiger partial charge in [-0.25, -0.2) is 4.98 Å². The van der Waals surface area contributed by atoms with Crippen molar-refractivity contribution in [3.63, 3.8) is 0 Å². The lowest BCUT2D eigenvalue weighted by Crippen LogP contribution is -2.17. The Morgan fingerprint density at radius 2 is 2.12 bits per heavy atom. The van der Waals surface area contributed by atoms with E-state index in [9.17, 15) is 4.79 Å². The van der Waals surface area contributed by atoms with Gasteiger partial charge in [-0.3, -0.25) is 4.79 Å². The molecule has 0 bridgehead atoms. The van der Waals surface area contributed by atoms with E-state index < -0.39 is 0 Å². The molecule has 0 radical (unpaired) electrons. The van der Waals surface area contributed by atoms with Crippen LogP contribution >= 0.6 is 0 Å². The van der Waals surface area contributed by atoms with Crippen molar-refractivity contribution in [2.75, 3.05) is 18.0 Å². The van der Waals surface area contributed by atoms with E-state index in [0.717, 1.165) is 30.7 Å². The van der Waals surface area contributed by atoms with Gasteiger partial charge >= 0.3 is 0 Å². The van der Waals surface area contributed by atoms with Crippen LogP contribution in [0.4, 0.5) is 5.69 Å². The van der Waals surface area contributed by atoms with Crippen LogP contribution in [0.1, 0.15) is 29.2 Å². The van der Waals surface area contributed by atoms with E-state index in [2.05, 4.69) is 22.0 Å². The minimum Gasteiger partial charge on any atom is -0.371 e. The van der Waals surface area contributed by atoms with E-state index in [1.807, 2.05) is 17.5 Å². The normalized spacial score (nSPS) is 15.7. The van der Waals surface area contributed by atoms with E-state index in [4.69, 9.17) is 0 Å². The number of aldehydes is 1. The van der Waals surface area contributed by atoms with Gasteiger partial charge in [0.25, 0.3) is 0 Å². The number of aryl methyl sites for hydroxylation is 1. The Morgan fingerprint density at radius 3 is 2.82 bits per heavy atom. The number of carbonyl (C=O) groups excluding carboxylic acids is 1. The van der Waals surface area contributed by atoms with Crippen molar-refractivity contribution in [2.45, 2.75) is 19.8 Å². The summed E-state index contributed by atoms with van der Waals surface area (Å²) in [6, 6.07) is 4.16. The first-order valence-corrected chi connectivity index (χ1v) is 5.98. The van der Waals surface area contributed by atoms with Crippen molar-refractivity contribution < 1.29 is 4.79 Å². The van der Waals surface area contributed by atoms with Gasteiger partial charge in [-0.15, -0.1) is 0 Å². The zero-order valence-electron chi connectivity index (χ0n) is 9.89. The third kappa shape index (κ3) is 1.60. The number of hydrogen-bond acceptors (Lipinski definition) is 3. The maximum Gasteiger partial charge on any atom is 0.170 e. The predicted molar refractivity (Wildman–Crippen MR) is 66.8 cm³/mol. The molecule has 1 aliphatic rings. The second kappa shape index (κ2) is 3.87. The maximum atomic E-state index is 11.0. The monoisotopic (exact) mass is 229 g/mol. The molecule has 0 aromatic carbocycles. The molecular formula is C13H15N3O. The van der Waals surface area contributed by atoms with Crippen LogP contribution in [0.25, 0.3) is 5.52 Å². The van der Waals surface area contributed by atoms with Crippen LogP contribution in [-0.4, -0.2) is 28.8 Å². The maximum absolute atomic E-state index is 11.0. The van der Waals surface area contributed by atoms with Gasteiger partial charge in [0.05, 0.1) is 5.52 Å². The molecule has 1 aliphatic heterocycles. The predicted octanol–water partition coefficient (Wildman–Crippen LogP) is 2.06. The summed E-state index contributed by atoms with van der Waals surface area (Å²) in [4.78, 5) is 17.6. The highest BCUT2D eigenvalue weighted by molar-refractivity contribution is 5.85. The quantitative estimate of drug-likeness (QED) is 0.740. The number of hydrogen-bond donors (Lipinski definition) is 0. The van der Waals surface area contributed by atoms with Crippen molar-refractivity contribution in [1.82, 2.24) is 9.38 Å². The number of nitrogens with zero attached hydrogens (tertiary/aromatic N) is 3. The van der Waals surface area contributed by atoms with Crippen LogP contribution in [0.15, 0.2) is 18.3 Å². The van der Waals surface area contributed by atoms with E-state index in [1.54, 1.807) is 0 Å². The number of imidazole rings is 1. The smallest absolute Gasteiger partial charge is 0.170 e. The molecule has 0 atom stereocenters. The molecule has 3 heterocycles. The Morgan fingerprint density at radius 1 is 1.35 bits per heavy atom. The fourth-order valence-corrected chi connectivity index (χ4v) is 2.51. The highest BCUT2D eigenvalue weighted by atomic mass is 16.1. The highest BCUT2D eigenvalue weighted by Gasteiger charge is 2.14. The topological polar surface area (TPSA) is 37.6 Å². The number of aromatic nitrogens is 2. The molecule has 0 saturated carbocycles. The highest BCUT2D eigenvalue weighted by Crippen LogP contribution is 2.23. The molecular weight excluding hydrogens is 214 g/mol. The minimum absolute atomic E-state index is 0.531. The van der Waals surface area contributed by atoms with Gasteiger partial charge in [0.2, 0.25) is 0 Å². The summed E-state index contributed by atoms with van der Waals surface area (Å²) in [5.41, 5.74) is 2.63. The van der Waals surface area contributed by atoms with E-state index in [0.29, 0.717) is 5.69 Å². The fourth-order valence-electron chi connectivity index (χ4n) is 2.51. The van der Waals surface area contributed by atoms with Crippen molar-refractivity contribution in [3.8, 4) is 0 Å². The summed E-state index contributed by atoms with van der Waals surface area (Å²) in [6.45, 7) is 4.13. The van der Waals surface area contributed by atoms with Gasteiger partial charge in [0, 0.05) is 25.0 Å². The average Bonchev–Trinajstić information content (AvgIpc) is 2.97. The van der Waals surface area contributed by atoms with Crippen LogP contribution in [0.2, 0.25) is 0 Å². The fraction of sp³-hybridized carbons (Fsp3) is 0.385. The molecule has 0 amide bonds. The third-order valence-corrected chi connectivity index (χ3v) is 3.41. The van der Waals surface area contributed by atoms with Crippen molar-refractivity contribution in [3.05, 3.63) is 29.8 Å². The summed E-state index contributed by atoms with van der Waals surface area (Å²) in [5, 5.41) is 0. The van der Waals surface area contributed by atoms with Gasteiger partial charge < -0.3 is 9.30 Å². The molecule has 17 heavy (non-hydrogen) atoms. The molecule has 0 aliphatic carbocycles. The number of pyridine rings is 1. The Balaban J connectivity index is 2.13. The molecule has 3 rings (SSSR count). The largest absolute Gasteiger partial charge is 0.371 e. The molecule has 0 spiro atoms. The number of carbonyl (C=O) groups is 1. The van der Waals surface area contributed by atoms with E-state index in [1.165, 1.54) is 18.5 Å². The zero-order chi connectivity index (χ0) is 11.8. The lowest BCUT2D eigenvalue weighted by Gasteiger charge is -2.17. The second-order valence-electron chi connectivity index (χ2n) is 4.50. The first-order valence-electron chi connectivity index (χ1n) is 5.98. The number of anilines is 1. The van der Waals surface area contributed by atoms with Crippen LogP contribution in [0.3, 0.4) is 0 Å². The molecule has 1 fully saturated rings. The van der Waals surface area contributed by atoms with E-state index >= 15 is 0 Å². The lowest BCUT2D eigenvalue weighted by atomic mass is 10.3. The molecule has 4 heteroatoms. The van der Waals surface area contributed by atoms with Gasteiger partial charge in [0.15, 0.2) is 6.29 Å². The molecule has 0 N–H and O–H groups in total. The van der Waals surface area contributed by atoms with Crippen LogP contribution < -0.4 is 4.90 Å². The summed E-state index contributed by atoms with van der Waals surface area (Å²) < 4.78 is 1.96. The van der Waals surface area contributed by atoms with Crippen molar-refractivity contribution in [2.24, 2.45) is 0 Å². The summed E-state index contributed by atoms with van der Waals surface area (Å²) in [7, 11) is 0. The number of rotatable bonds is 2. The summed E-state index contributed by atoms with van der Waals surface area (Å²) in [5.74, 6) is 0.857.